The first-order valence-electron chi connectivity index (χ1n) is 4.38. The van der Waals surface area contributed by atoms with Crippen LogP contribution in [0.1, 0.15) is 12.2 Å². The molecular formula is C8H16N4S. The van der Waals surface area contributed by atoms with Gasteiger partial charge in [0.25, 0.3) is 0 Å². The molecule has 0 aliphatic carbocycles. The van der Waals surface area contributed by atoms with E-state index in [0.29, 0.717) is 0 Å². The van der Waals surface area contributed by atoms with Crippen LogP contribution in [0, 0.1) is 11.7 Å². The SMILES string of the molecule is Cc1n[nH]c(=S)n1CCCN(C)C. The average Bonchev–Trinajstić information content (AvgIpc) is 2.34. The first-order valence-corrected chi connectivity index (χ1v) is 4.78. The highest BCUT2D eigenvalue weighted by Gasteiger charge is 1.99. The normalized spacial score (nSPS) is 11.1. The molecule has 0 saturated heterocycles. The second-order valence-electron chi connectivity index (χ2n) is 3.38. The Hall–Kier alpha value is -0.680. The molecule has 1 heterocycles. The van der Waals surface area contributed by atoms with E-state index < -0.39 is 0 Å². The third kappa shape index (κ3) is 2.93. The Morgan fingerprint density at radius 1 is 1.54 bits per heavy atom. The number of hydrogen-bond donors (Lipinski definition) is 1. The summed E-state index contributed by atoms with van der Waals surface area (Å²) in [5.74, 6) is 0.962. The van der Waals surface area contributed by atoms with Crippen molar-refractivity contribution in [2.75, 3.05) is 20.6 Å². The van der Waals surface area contributed by atoms with Crippen molar-refractivity contribution < 1.29 is 0 Å². The fraction of sp³-hybridized carbons (Fsp3) is 0.750. The molecule has 0 aliphatic rings. The largest absolute Gasteiger partial charge is 0.309 e. The van der Waals surface area contributed by atoms with Crippen LogP contribution >= 0.6 is 12.2 Å². The molecule has 4 nitrogen and oxygen atoms in total. The van der Waals surface area contributed by atoms with E-state index >= 15 is 0 Å². The maximum Gasteiger partial charge on any atom is 0.195 e. The van der Waals surface area contributed by atoms with Gasteiger partial charge in [-0.15, -0.1) is 0 Å². The first-order chi connectivity index (χ1) is 6.11. The molecule has 74 valence electrons. The van der Waals surface area contributed by atoms with Crippen molar-refractivity contribution in [1.29, 1.82) is 0 Å². The lowest BCUT2D eigenvalue weighted by molar-refractivity contribution is 0.384. The standard InChI is InChI=1S/C8H16N4S/c1-7-9-10-8(13)12(7)6-4-5-11(2)3/h4-6H2,1-3H3,(H,10,13). The monoisotopic (exact) mass is 200 g/mol. The first kappa shape index (κ1) is 10.4. The lowest BCUT2D eigenvalue weighted by Gasteiger charge is -2.09. The fourth-order valence-corrected chi connectivity index (χ4v) is 1.47. The Bertz CT molecular complexity index is 312. The molecule has 0 aliphatic heterocycles. The van der Waals surface area contributed by atoms with Gasteiger partial charge < -0.3 is 9.47 Å². The Morgan fingerprint density at radius 3 is 2.69 bits per heavy atom. The molecule has 13 heavy (non-hydrogen) atoms. The van der Waals surface area contributed by atoms with Crippen molar-refractivity contribution >= 4 is 12.2 Å². The van der Waals surface area contributed by atoms with Crippen LogP contribution in [0.3, 0.4) is 0 Å². The summed E-state index contributed by atoms with van der Waals surface area (Å²) >= 11 is 5.08. The van der Waals surface area contributed by atoms with Gasteiger partial charge in [0.05, 0.1) is 0 Å². The minimum absolute atomic E-state index is 0.719. The third-order valence-corrected chi connectivity index (χ3v) is 2.25. The second-order valence-corrected chi connectivity index (χ2v) is 3.77. The lowest BCUT2D eigenvalue weighted by Crippen LogP contribution is -2.15. The van der Waals surface area contributed by atoms with E-state index in [2.05, 4.69) is 29.2 Å². The number of aryl methyl sites for hydroxylation is 1. The molecule has 1 N–H and O–H groups in total. The minimum atomic E-state index is 0.719. The molecule has 0 saturated carbocycles. The van der Waals surface area contributed by atoms with Gasteiger partial charge in [0.1, 0.15) is 5.82 Å². The van der Waals surface area contributed by atoms with Crippen molar-refractivity contribution in [3.05, 3.63) is 10.6 Å². The summed E-state index contributed by atoms with van der Waals surface area (Å²) in [6.45, 7) is 3.98. The quantitative estimate of drug-likeness (QED) is 0.742. The Labute approximate surface area is 83.6 Å². The van der Waals surface area contributed by atoms with Crippen LogP contribution < -0.4 is 0 Å². The van der Waals surface area contributed by atoms with E-state index in [9.17, 15) is 0 Å². The van der Waals surface area contributed by atoms with Crippen molar-refractivity contribution in [3.8, 4) is 0 Å². The van der Waals surface area contributed by atoms with Crippen LogP contribution in [0.4, 0.5) is 0 Å². The van der Waals surface area contributed by atoms with Crippen LogP contribution in [0.25, 0.3) is 0 Å². The molecule has 0 fully saturated rings. The molecular weight excluding hydrogens is 184 g/mol. The molecule has 0 radical (unpaired) electrons. The van der Waals surface area contributed by atoms with Gasteiger partial charge in [-0.25, -0.2) is 0 Å². The fourth-order valence-electron chi connectivity index (χ4n) is 1.20. The summed E-state index contributed by atoms with van der Waals surface area (Å²) in [5.41, 5.74) is 0. The van der Waals surface area contributed by atoms with E-state index in [1.165, 1.54) is 0 Å². The van der Waals surface area contributed by atoms with Gasteiger partial charge in [0.2, 0.25) is 0 Å². The summed E-state index contributed by atoms with van der Waals surface area (Å²) in [4.78, 5) is 2.17. The number of nitrogens with one attached hydrogen (secondary N) is 1. The maximum absolute atomic E-state index is 5.08. The van der Waals surface area contributed by atoms with Gasteiger partial charge >= 0.3 is 0 Å². The highest BCUT2D eigenvalue weighted by atomic mass is 32.1. The Morgan fingerprint density at radius 2 is 2.23 bits per heavy atom. The zero-order valence-electron chi connectivity index (χ0n) is 8.37. The summed E-state index contributed by atoms with van der Waals surface area (Å²) in [6, 6.07) is 0. The van der Waals surface area contributed by atoms with Gasteiger partial charge in [-0.2, -0.15) is 5.10 Å². The number of hydrogen-bond acceptors (Lipinski definition) is 3. The molecule has 0 spiro atoms. The second kappa shape index (κ2) is 4.53. The van der Waals surface area contributed by atoms with E-state index in [4.69, 9.17) is 12.2 Å². The van der Waals surface area contributed by atoms with E-state index in [0.717, 1.165) is 30.1 Å². The van der Waals surface area contributed by atoms with Crippen LogP contribution in [-0.4, -0.2) is 40.3 Å². The average molecular weight is 200 g/mol. The number of aromatic amines is 1. The van der Waals surface area contributed by atoms with Crippen LogP contribution in [0.2, 0.25) is 0 Å². The van der Waals surface area contributed by atoms with Crippen LogP contribution in [-0.2, 0) is 6.54 Å². The van der Waals surface area contributed by atoms with E-state index in [1.54, 1.807) is 0 Å². The Balaban J connectivity index is 2.50. The number of rotatable bonds is 4. The van der Waals surface area contributed by atoms with E-state index in [-0.39, 0.29) is 0 Å². The zero-order valence-corrected chi connectivity index (χ0v) is 9.19. The van der Waals surface area contributed by atoms with Crippen LogP contribution in [0.15, 0.2) is 0 Å². The minimum Gasteiger partial charge on any atom is -0.309 e. The maximum atomic E-state index is 5.08. The smallest absolute Gasteiger partial charge is 0.195 e. The molecule has 0 bridgehead atoms. The van der Waals surface area contributed by atoms with Crippen molar-refractivity contribution in [2.45, 2.75) is 19.9 Å². The van der Waals surface area contributed by atoms with Gasteiger partial charge in [0, 0.05) is 6.54 Å². The highest BCUT2D eigenvalue weighted by Crippen LogP contribution is 1.98. The van der Waals surface area contributed by atoms with Gasteiger partial charge in [-0.3, -0.25) is 5.10 Å². The van der Waals surface area contributed by atoms with Crippen molar-refractivity contribution in [1.82, 2.24) is 19.7 Å². The molecule has 5 heteroatoms. The van der Waals surface area contributed by atoms with Crippen LogP contribution in [0.5, 0.6) is 0 Å². The summed E-state index contributed by atoms with van der Waals surface area (Å²) in [7, 11) is 4.14. The summed E-state index contributed by atoms with van der Waals surface area (Å²) in [5, 5.41) is 6.82. The highest BCUT2D eigenvalue weighted by molar-refractivity contribution is 7.71. The van der Waals surface area contributed by atoms with Gasteiger partial charge in [-0.1, -0.05) is 0 Å². The van der Waals surface area contributed by atoms with Crippen molar-refractivity contribution in [2.24, 2.45) is 0 Å². The molecule has 0 unspecified atom stereocenters. The molecule has 0 atom stereocenters. The summed E-state index contributed by atoms with van der Waals surface area (Å²) < 4.78 is 2.75. The predicted octanol–water partition coefficient (Wildman–Crippen LogP) is 1.20. The topological polar surface area (TPSA) is 36.9 Å². The number of aromatic nitrogens is 3. The molecule has 0 aromatic carbocycles. The molecule has 1 aromatic rings. The number of nitrogens with zero attached hydrogens (tertiary/aromatic N) is 3. The van der Waals surface area contributed by atoms with E-state index in [1.807, 2.05) is 11.5 Å². The zero-order chi connectivity index (χ0) is 9.84. The molecule has 0 amide bonds. The number of H-pyrrole nitrogens is 1. The van der Waals surface area contributed by atoms with Gasteiger partial charge in [-0.05, 0) is 46.2 Å². The van der Waals surface area contributed by atoms with Gasteiger partial charge in [0.15, 0.2) is 4.77 Å². The summed E-state index contributed by atoms with van der Waals surface area (Å²) in [6.07, 6.45) is 1.10. The predicted molar refractivity (Wildman–Crippen MR) is 55.3 cm³/mol. The third-order valence-electron chi connectivity index (χ3n) is 1.94. The molecule has 1 aromatic heterocycles. The van der Waals surface area contributed by atoms with Crippen molar-refractivity contribution in [3.63, 3.8) is 0 Å². The lowest BCUT2D eigenvalue weighted by atomic mass is 10.4. The molecule has 1 rings (SSSR count). The Kier molecular flexibility index (Phi) is 3.62.